The van der Waals surface area contributed by atoms with Gasteiger partial charge in [-0.15, -0.1) is 0 Å². The molecule has 0 heterocycles. The second kappa shape index (κ2) is 6.32. The molecule has 1 N–H and O–H groups in total. The summed E-state index contributed by atoms with van der Waals surface area (Å²) in [4.78, 5) is 0. The quantitative estimate of drug-likeness (QED) is 0.914. The molecule has 0 fully saturated rings. The number of methoxy groups -OCH3 is 1. The number of rotatable bonds is 5. The average Bonchev–Trinajstić information content (AvgIpc) is 2.41. The fourth-order valence-corrected chi connectivity index (χ4v) is 3.13. The third kappa shape index (κ3) is 4.34. The number of hydrogen-bond donors (Lipinski definition) is 1. The molecule has 21 heavy (non-hydrogen) atoms. The first kappa shape index (κ1) is 15.6. The third-order valence-electron chi connectivity index (χ3n) is 2.70. The summed E-state index contributed by atoms with van der Waals surface area (Å²) in [5.41, 5.74) is 0.733. The minimum atomic E-state index is -3.66. The van der Waals surface area contributed by atoms with Crippen LogP contribution in [0.4, 0.5) is 10.1 Å². The van der Waals surface area contributed by atoms with Crippen LogP contribution in [0.2, 0.25) is 5.02 Å². The van der Waals surface area contributed by atoms with Gasteiger partial charge in [-0.25, -0.2) is 12.8 Å². The molecule has 0 aliphatic carbocycles. The van der Waals surface area contributed by atoms with E-state index in [0.717, 1.165) is 0 Å². The summed E-state index contributed by atoms with van der Waals surface area (Å²) in [5, 5.41) is 0.385. The molecule has 0 aliphatic rings. The van der Waals surface area contributed by atoms with Crippen molar-refractivity contribution in [3.8, 4) is 5.75 Å². The maximum atomic E-state index is 12.8. The highest BCUT2D eigenvalue weighted by atomic mass is 35.5. The molecule has 4 nitrogen and oxygen atoms in total. The van der Waals surface area contributed by atoms with Crippen molar-refractivity contribution in [2.45, 2.75) is 5.75 Å². The standard InChI is InChI=1S/C14H13ClFNO3S/c1-20-14-7-4-11(15)8-13(14)17-21(18,19)9-10-2-5-12(16)6-3-10/h2-8,17H,9H2,1H3. The van der Waals surface area contributed by atoms with E-state index in [1.54, 1.807) is 12.1 Å². The average molecular weight is 330 g/mol. The van der Waals surface area contributed by atoms with Gasteiger partial charge in [0.1, 0.15) is 11.6 Å². The molecule has 0 saturated carbocycles. The van der Waals surface area contributed by atoms with E-state index in [0.29, 0.717) is 16.3 Å². The van der Waals surface area contributed by atoms with Gasteiger partial charge in [-0.2, -0.15) is 0 Å². The van der Waals surface area contributed by atoms with Crippen LogP contribution in [0.3, 0.4) is 0 Å². The molecule has 0 saturated heterocycles. The Hall–Kier alpha value is -1.79. The molecule has 0 aliphatic heterocycles. The maximum Gasteiger partial charge on any atom is 0.237 e. The Labute approximate surface area is 127 Å². The Balaban J connectivity index is 2.21. The SMILES string of the molecule is COc1ccc(Cl)cc1NS(=O)(=O)Cc1ccc(F)cc1. The fourth-order valence-electron chi connectivity index (χ4n) is 1.76. The Morgan fingerprint density at radius 1 is 1.19 bits per heavy atom. The number of sulfonamides is 1. The molecule has 7 heteroatoms. The van der Waals surface area contributed by atoms with Crippen molar-refractivity contribution in [1.29, 1.82) is 0 Å². The van der Waals surface area contributed by atoms with E-state index in [1.165, 1.54) is 37.4 Å². The molecule has 0 unspecified atom stereocenters. The summed E-state index contributed by atoms with van der Waals surface area (Å²) >= 11 is 5.85. The number of anilines is 1. The second-order valence-electron chi connectivity index (χ2n) is 4.33. The van der Waals surface area contributed by atoms with E-state index in [4.69, 9.17) is 16.3 Å². The van der Waals surface area contributed by atoms with Gasteiger partial charge >= 0.3 is 0 Å². The number of nitrogens with one attached hydrogen (secondary N) is 1. The van der Waals surface area contributed by atoms with Crippen molar-refractivity contribution in [1.82, 2.24) is 0 Å². The zero-order valence-corrected chi connectivity index (χ0v) is 12.7. The third-order valence-corrected chi connectivity index (χ3v) is 4.18. The van der Waals surface area contributed by atoms with Gasteiger partial charge < -0.3 is 4.74 Å². The largest absolute Gasteiger partial charge is 0.495 e. The van der Waals surface area contributed by atoms with Crippen molar-refractivity contribution in [2.75, 3.05) is 11.8 Å². The van der Waals surface area contributed by atoms with Gasteiger partial charge in [-0.05, 0) is 35.9 Å². The number of hydrogen-bond acceptors (Lipinski definition) is 3. The molecule has 0 atom stereocenters. The first-order chi connectivity index (χ1) is 9.89. The Morgan fingerprint density at radius 3 is 2.48 bits per heavy atom. The predicted octanol–water partition coefficient (Wildman–Crippen LogP) is 3.43. The Kier molecular flexibility index (Phi) is 4.69. The van der Waals surface area contributed by atoms with Crippen molar-refractivity contribution in [2.24, 2.45) is 0 Å². The van der Waals surface area contributed by atoms with Gasteiger partial charge in [0.05, 0.1) is 18.6 Å². The second-order valence-corrected chi connectivity index (χ2v) is 6.49. The van der Waals surface area contributed by atoms with E-state index >= 15 is 0 Å². The molecule has 0 bridgehead atoms. The summed E-state index contributed by atoms with van der Waals surface area (Å²) in [6, 6.07) is 9.89. The highest BCUT2D eigenvalue weighted by molar-refractivity contribution is 7.91. The molecule has 2 aromatic rings. The van der Waals surface area contributed by atoms with Gasteiger partial charge in [0.25, 0.3) is 0 Å². The van der Waals surface area contributed by atoms with E-state index in [1.807, 2.05) is 0 Å². The van der Waals surface area contributed by atoms with Crippen LogP contribution in [-0.2, 0) is 15.8 Å². The van der Waals surface area contributed by atoms with Crippen molar-refractivity contribution < 1.29 is 17.5 Å². The number of benzene rings is 2. The topological polar surface area (TPSA) is 55.4 Å². The van der Waals surface area contributed by atoms with Gasteiger partial charge in [-0.3, -0.25) is 4.72 Å². The van der Waals surface area contributed by atoms with Crippen LogP contribution in [0.15, 0.2) is 42.5 Å². The van der Waals surface area contributed by atoms with Crippen LogP contribution in [0, 0.1) is 5.82 Å². The number of ether oxygens (including phenoxy) is 1. The van der Waals surface area contributed by atoms with Crippen LogP contribution in [-0.4, -0.2) is 15.5 Å². The lowest BCUT2D eigenvalue weighted by Gasteiger charge is -2.12. The lowest BCUT2D eigenvalue weighted by molar-refractivity contribution is 0.417. The molecule has 0 spiro atoms. The van der Waals surface area contributed by atoms with E-state index in [9.17, 15) is 12.8 Å². The van der Waals surface area contributed by atoms with Gasteiger partial charge in [-0.1, -0.05) is 23.7 Å². The van der Waals surface area contributed by atoms with E-state index in [2.05, 4.69) is 4.72 Å². The summed E-state index contributed by atoms with van der Waals surface area (Å²) in [5.74, 6) is -0.328. The fraction of sp³-hybridized carbons (Fsp3) is 0.143. The van der Waals surface area contributed by atoms with Gasteiger partial charge in [0, 0.05) is 5.02 Å². The molecule has 2 rings (SSSR count). The summed E-state index contributed by atoms with van der Waals surface area (Å²) < 4.78 is 44.6. The Morgan fingerprint density at radius 2 is 1.86 bits per heavy atom. The molecule has 0 radical (unpaired) electrons. The summed E-state index contributed by atoms with van der Waals surface area (Å²) in [7, 11) is -2.23. The lowest BCUT2D eigenvalue weighted by Crippen LogP contribution is -2.15. The monoisotopic (exact) mass is 329 g/mol. The molecular weight excluding hydrogens is 317 g/mol. The van der Waals surface area contributed by atoms with Crippen molar-refractivity contribution in [3.63, 3.8) is 0 Å². The highest BCUT2D eigenvalue weighted by Crippen LogP contribution is 2.29. The Bertz CT molecular complexity index is 732. The van der Waals surface area contributed by atoms with Gasteiger partial charge in [0.15, 0.2) is 0 Å². The van der Waals surface area contributed by atoms with E-state index < -0.39 is 15.8 Å². The minimum Gasteiger partial charge on any atom is -0.495 e. The molecule has 0 amide bonds. The van der Waals surface area contributed by atoms with Crippen LogP contribution in [0.5, 0.6) is 5.75 Å². The normalized spacial score (nSPS) is 11.2. The van der Waals surface area contributed by atoms with Crippen LogP contribution in [0.1, 0.15) is 5.56 Å². The molecule has 112 valence electrons. The first-order valence-corrected chi connectivity index (χ1v) is 8.01. The van der Waals surface area contributed by atoms with E-state index in [-0.39, 0.29) is 11.4 Å². The van der Waals surface area contributed by atoms with Crippen LogP contribution >= 0.6 is 11.6 Å². The van der Waals surface area contributed by atoms with Gasteiger partial charge in [0.2, 0.25) is 10.0 Å². The van der Waals surface area contributed by atoms with Crippen molar-refractivity contribution >= 4 is 27.3 Å². The zero-order chi connectivity index (χ0) is 15.5. The summed E-state index contributed by atoms with van der Waals surface area (Å²) in [6.07, 6.45) is 0. The zero-order valence-electron chi connectivity index (χ0n) is 11.1. The van der Waals surface area contributed by atoms with Crippen LogP contribution < -0.4 is 9.46 Å². The lowest BCUT2D eigenvalue weighted by atomic mass is 10.2. The van der Waals surface area contributed by atoms with Crippen molar-refractivity contribution in [3.05, 3.63) is 58.9 Å². The molecule has 0 aromatic heterocycles. The predicted molar refractivity (Wildman–Crippen MR) is 80.7 cm³/mol. The smallest absolute Gasteiger partial charge is 0.237 e. The highest BCUT2D eigenvalue weighted by Gasteiger charge is 2.15. The first-order valence-electron chi connectivity index (χ1n) is 5.98. The number of halogens is 2. The minimum absolute atomic E-state index is 0.257. The summed E-state index contributed by atoms with van der Waals surface area (Å²) in [6.45, 7) is 0. The molecule has 2 aromatic carbocycles. The maximum absolute atomic E-state index is 12.8. The van der Waals surface area contributed by atoms with Crippen LogP contribution in [0.25, 0.3) is 0 Å². The molecular formula is C14H13ClFNO3S.